The predicted octanol–water partition coefficient (Wildman–Crippen LogP) is 2.23. The number of rotatable bonds is 5. The van der Waals surface area contributed by atoms with Crippen molar-refractivity contribution in [3.05, 3.63) is 23.8 Å². The van der Waals surface area contributed by atoms with E-state index in [0.29, 0.717) is 17.1 Å². The van der Waals surface area contributed by atoms with Gasteiger partial charge in [-0.2, -0.15) is 0 Å². The van der Waals surface area contributed by atoms with Gasteiger partial charge >= 0.3 is 6.09 Å². The Kier molecular flexibility index (Phi) is 5.84. The molecule has 0 saturated carbocycles. The van der Waals surface area contributed by atoms with Crippen LogP contribution in [-0.2, 0) is 4.74 Å². The standard InChI is InChI=1S/C15H24N2O4/c1-15(2,3)21-14(18)17-10(9-16)13-11(19-4)7-6-8-12(13)20-5/h6-8,10H,9,16H2,1-5H3,(H,17,18). The Balaban J connectivity index is 3.02. The Bertz CT molecular complexity index is 461. The van der Waals surface area contributed by atoms with Gasteiger partial charge in [0.15, 0.2) is 0 Å². The maximum Gasteiger partial charge on any atom is 0.408 e. The molecule has 0 aliphatic rings. The summed E-state index contributed by atoms with van der Waals surface area (Å²) in [6, 6.07) is 4.92. The summed E-state index contributed by atoms with van der Waals surface area (Å²) >= 11 is 0. The molecule has 1 atom stereocenters. The van der Waals surface area contributed by atoms with Crippen molar-refractivity contribution in [1.82, 2.24) is 5.32 Å². The van der Waals surface area contributed by atoms with Crippen LogP contribution in [0.1, 0.15) is 32.4 Å². The number of nitrogens with one attached hydrogen (secondary N) is 1. The fraction of sp³-hybridized carbons (Fsp3) is 0.533. The Labute approximate surface area is 125 Å². The van der Waals surface area contributed by atoms with Crippen LogP contribution >= 0.6 is 0 Å². The number of ether oxygens (including phenoxy) is 3. The first-order valence-corrected chi connectivity index (χ1v) is 6.72. The summed E-state index contributed by atoms with van der Waals surface area (Å²) in [7, 11) is 3.11. The van der Waals surface area contributed by atoms with Gasteiger partial charge in [0.2, 0.25) is 0 Å². The second-order valence-electron chi connectivity index (χ2n) is 5.51. The first kappa shape index (κ1) is 17.1. The van der Waals surface area contributed by atoms with Gasteiger partial charge < -0.3 is 25.3 Å². The molecule has 21 heavy (non-hydrogen) atoms. The topological polar surface area (TPSA) is 82.8 Å². The lowest BCUT2D eigenvalue weighted by molar-refractivity contribution is 0.0504. The van der Waals surface area contributed by atoms with Crippen LogP contribution in [0.15, 0.2) is 18.2 Å². The summed E-state index contributed by atoms with van der Waals surface area (Å²) in [5.41, 5.74) is 5.90. The Morgan fingerprint density at radius 2 is 1.76 bits per heavy atom. The third-order valence-corrected chi connectivity index (χ3v) is 2.74. The highest BCUT2D eigenvalue weighted by Crippen LogP contribution is 2.33. The van der Waals surface area contributed by atoms with Crippen LogP contribution in [0.3, 0.4) is 0 Å². The lowest BCUT2D eigenvalue weighted by Crippen LogP contribution is -2.38. The maximum atomic E-state index is 11.9. The van der Waals surface area contributed by atoms with Crippen molar-refractivity contribution in [2.45, 2.75) is 32.4 Å². The van der Waals surface area contributed by atoms with Gasteiger partial charge in [-0.3, -0.25) is 0 Å². The number of nitrogens with two attached hydrogens (primary N) is 1. The molecule has 0 aliphatic heterocycles. The van der Waals surface area contributed by atoms with Gasteiger partial charge in [-0.15, -0.1) is 0 Å². The van der Waals surface area contributed by atoms with Crippen molar-refractivity contribution in [3.63, 3.8) is 0 Å². The molecule has 118 valence electrons. The zero-order valence-electron chi connectivity index (χ0n) is 13.2. The smallest absolute Gasteiger partial charge is 0.408 e. The van der Waals surface area contributed by atoms with E-state index >= 15 is 0 Å². The maximum absolute atomic E-state index is 11.9. The van der Waals surface area contributed by atoms with Crippen molar-refractivity contribution in [1.29, 1.82) is 0 Å². The average molecular weight is 296 g/mol. The average Bonchev–Trinajstić information content (AvgIpc) is 2.42. The number of carbonyl (C=O) groups excluding carboxylic acids is 1. The highest BCUT2D eigenvalue weighted by molar-refractivity contribution is 5.69. The summed E-state index contributed by atoms with van der Waals surface area (Å²) in [6.45, 7) is 5.59. The van der Waals surface area contributed by atoms with E-state index in [1.54, 1.807) is 47.1 Å². The minimum absolute atomic E-state index is 0.190. The second-order valence-corrected chi connectivity index (χ2v) is 5.51. The summed E-state index contributed by atoms with van der Waals surface area (Å²) in [5.74, 6) is 1.20. The van der Waals surface area contributed by atoms with Crippen molar-refractivity contribution in [2.75, 3.05) is 20.8 Å². The Morgan fingerprint density at radius 1 is 1.24 bits per heavy atom. The van der Waals surface area contributed by atoms with Crippen LogP contribution < -0.4 is 20.5 Å². The van der Waals surface area contributed by atoms with E-state index in [2.05, 4.69) is 5.32 Å². The monoisotopic (exact) mass is 296 g/mol. The molecule has 0 bridgehead atoms. The molecule has 1 amide bonds. The summed E-state index contributed by atoms with van der Waals surface area (Å²) in [6.07, 6.45) is -0.536. The molecule has 1 unspecified atom stereocenters. The van der Waals surface area contributed by atoms with Crippen LogP contribution in [0.5, 0.6) is 11.5 Å². The molecular formula is C15H24N2O4. The zero-order chi connectivity index (χ0) is 16.0. The van der Waals surface area contributed by atoms with Crippen molar-refractivity contribution in [2.24, 2.45) is 5.73 Å². The minimum Gasteiger partial charge on any atom is -0.496 e. The van der Waals surface area contributed by atoms with Gasteiger partial charge in [0.05, 0.1) is 25.8 Å². The van der Waals surface area contributed by atoms with Gasteiger partial charge in [0, 0.05) is 6.54 Å². The van der Waals surface area contributed by atoms with E-state index in [0.717, 1.165) is 0 Å². The van der Waals surface area contributed by atoms with Crippen molar-refractivity contribution >= 4 is 6.09 Å². The molecule has 1 rings (SSSR count). The second kappa shape index (κ2) is 7.17. The molecule has 0 saturated heterocycles. The summed E-state index contributed by atoms with van der Waals surface area (Å²) < 4.78 is 15.9. The van der Waals surface area contributed by atoms with Crippen molar-refractivity contribution in [3.8, 4) is 11.5 Å². The van der Waals surface area contributed by atoms with Crippen LogP contribution in [0.25, 0.3) is 0 Å². The van der Waals surface area contributed by atoms with Gasteiger partial charge in [-0.1, -0.05) is 6.07 Å². The number of alkyl carbamates (subject to hydrolysis) is 1. The van der Waals surface area contributed by atoms with Gasteiger partial charge in [0.1, 0.15) is 17.1 Å². The lowest BCUT2D eigenvalue weighted by atomic mass is 10.0. The fourth-order valence-corrected chi connectivity index (χ4v) is 1.92. The molecule has 1 aromatic rings. The van der Waals surface area contributed by atoms with E-state index in [4.69, 9.17) is 19.9 Å². The molecule has 1 aromatic carbocycles. The number of carbonyl (C=O) groups is 1. The molecule has 0 aliphatic carbocycles. The molecule has 6 nitrogen and oxygen atoms in total. The zero-order valence-corrected chi connectivity index (χ0v) is 13.2. The largest absolute Gasteiger partial charge is 0.496 e. The quantitative estimate of drug-likeness (QED) is 0.870. The van der Waals surface area contributed by atoms with E-state index in [-0.39, 0.29) is 6.54 Å². The third-order valence-electron chi connectivity index (χ3n) is 2.74. The Morgan fingerprint density at radius 3 is 2.14 bits per heavy atom. The molecule has 0 radical (unpaired) electrons. The summed E-state index contributed by atoms with van der Waals surface area (Å²) in [5, 5.41) is 2.74. The highest BCUT2D eigenvalue weighted by Gasteiger charge is 2.24. The van der Waals surface area contributed by atoms with Gasteiger partial charge in [-0.25, -0.2) is 4.79 Å². The van der Waals surface area contributed by atoms with Gasteiger partial charge in [-0.05, 0) is 32.9 Å². The predicted molar refractivity (Wildman–Crippen MR) is 80.7 cm³/mol. The highest BCUT2D eigenvalue weighted by atomic mass is 16.6. The van der Waals surface area contributed by atoms with Gasteiger partial charge in [0.25, 0.3) is 0 Å². The first-order chi connectivity index (χ1) is 9.82. The van der Waals surface area contributed by atoms with Crippen LogP contribution in [0.4, 0.5) is 4.79 Å². The summed E-state index contributed by atoms with van der Waals surface area (Å²) in [4.78, 5) is 11.9. The van der Waals surface area contributed by atoms with E-state index in [1.807, 2.05) is 6.07 Å². The molecule has 3 N–H and O–H groups in total. The molecule has 0 heterocycles. The molecule has 0 aromatic heterocycles. The molecule has 0 spiro atoms. The van der Waals surface area contributed by atoms with Crippen LogP contribution in [0, 0.1) is 0 Å². The van der Waals surface area contributed by atoms with Crippen LogP contribution in [0.2, 0.25) is 0 Å². The molecule has 0 fully saturated rings. The molecular weight excluding hydrogens is 272 g/mol. The van der Waals surface area contributed by atoms with Crippen LogP contribution in [-0.4, -0.2) is 32.5 Å². The number of methoxy groups -OCH3 is 2. The Hall–Kier alpha value is -1.95. The van der Waals surface area contributed by atoms with E-state index < -0.39 is 17.7 Å². The fourth-order valence-electron chi connectivity index (χ4n) is 1.92. The normalized spacial score (nSPS) is 12.5. The number of amides is 1. The molecule has 6 heteroatoms. The van der Waals surface area contributed by atoms with E-state index in [1.165, 1.54) is 0 Å². The number of hydrogen-bond donors (Lipinski definition) is 2. The third kappa shape index (κ3) is 4.82. The minimum atomic E-state index is -0.575. The number of benzene rings is 1. The number of hydrogen-bond acceptors (Lipinski definition) is 5. The SMILES string of the molecule is COc1cccc(OC)c1C(CN)NC(=O)OC(C)(C)C. The first-order valence-electron chi connectivity index (χ1n) is 6.72. The lowest BCUT2D eigenvalue weighted by Gasteiger charge is -2.25. The van der Waals surface area contributed by atoms with Crippen molar-refractivity contribution < 1.29 is 19.0 Å². The van der Waals surface area contributed by atoms with E-state index in [9.17, 15) is 4.79 Å².